The molecule has 1 unspecified atom stereocenters. The lowest BCUT2D eigenvalue weighted by Crippen LogP contribution is -2.64. The molecule has 0 fully saturated rings. The van der Waals surface area contributed by atoms with Gasteiger partial charge in [-0.15, -0.1) is 0 Å². The van der Waals surface area contributed by atoms with Crippen LogP contribution in [0, 0.1) is 5.82 Å². The van der Waals surface area contributed by atoms with Gasteiger partial charge in [0.1, 0.15) is 22.9 Å². The molecule has 6 rings (SSSR count). The van der Waals surface area contributed by atoms with E-state index in [0.717, 1.165) is 22.8 Å². The summed E-state index contributed by atoms with van der Waals surface area (Å²) in [5, 5.41) is 6.99. The maximum atomic E-state index is 16.8. The predicted octanol–water partition coefficient (Wildman–Crippen LogP) is 9.84. The van der Waals surface area contributed by atoms with Crippen LogP contribution in [0.1, 0.15) is 43.0 Å². The van der Waals surface area contributed by atoms with Crippen molar-refractivity contribution in [2.24, 2.45) is 4.99 Å². The summed E-state index contributed by atoms with van der Waals surface area (Å²) in [7, 11) is 3.15. The molecule has 2 N–H and O–H groups in total. The number of aliphatic imine (C=N–C) groups is 1. The van der Waals surface area contributed by atoms with Crippen LogP contribution in [0.15, 0.2) is 126 Å². The van der Waals surface area contributed by atoms with Gasteiger partial charge >= 0.3 is 5.92 Å². The molecule has 1 heterocycles. The highest BCUT2D eigenvalue weighted by Gasteiger charge is 2.66. The minimum Gasteiger partial charge on any atom is -0.497 e. The fraction of sp³-hybridized carbons (Fsp3) is 0.225. The van der Waals surface area contributed by atoms with Gasteiger partial charge in [-0.3, -0.25) is 0 Å². The molecule has 0 saturated heterocycles. The molecule has 0 aromatic heterocycles. The van der Waals surface area contributed by atoms with E-state index < -0.39 is 28.4 Å². The zero-order valence-corrected chi connectivity index (χ0v) is 29.0. The quantitative estimate of drug-likeness (QED) is 0.150. The summed E-state index contributed by atoms with van der Waals surface area (Å²) in [5.74, 6) is -3.28. The topological polar surface area (TPSA) is 64.1 Å². The molecule has 6 nitrogen and oxygen atoms in total. The van der Waals surface area contributed by atoms with Crippen molar-refractivity contribution in [3.05, 3.63) is 154 Å². The zero-order chi connectivity index (χ0) is 35.7. The van der Waals surface area contributed by atoms with Gasteiger partial charge in [-0.05, 0) is 92.1 Å². The molecule has 0 bridgehead atoms. The molecule has 5 aromatic carbocycles. The van der Waals surface area contributed by atoms with Crippen molar-refractivity contribution in [1.29, 1.82) is 0 Å². The number of benzene rings is 5. The fourth-order valence-electron chi connectivity index (χ4n) is 6.41. The van der Waals surface area contributed by atoms with E-state index in [1.54, 1.807) is 38.5 Å². The van der Waals surface area contributed by atoms with Crippen LogP contribution in [0.25, 0.3) is 0 Å². The van der Waals surface area contributed by atoms with E-state index in [-0.39, 0.29) is 11.6 Å². The summed E-state index contributed by atoms with van der Waals surface area (Å²) in [5.41, 5.74) is -3.03. The molecule has 0 spiro atoms. The molecule has 1 atom stereocenters. The van der Waals surface area contributed by atoms with Crippen LogP contribution in [0.4, 0.5) is 24.5 Å². The standard InChI is InChI=1S/C40H37ClF3N3O3/c1-37(2)40(43,44)38(3,32-25-29(19-24-34(32)42)45-35-14-10-9-13-33(35)41)46-36(50-37)47-39(26-11-7-6-8-12-26,27-15-20-30(48-4)21-16-27)28-17-22-31(49-5)23-18-28/h6-25,45H,1-5H3,(H,46,47). The van der Waals surface area contributed by atoms with E-state index in [1.165, 1.54) is 32.9 Å². The van der Waals surface area contributed by atoms with Crippen molar-refractivity contribution < 1.29 is 27.4 Å². The molecular weight excluding hydrogens is 663 g/mol. The summed E-state index contributed by atoms with van der Waals surface area (Å²) in [6.07, 6.45) is 0. The van der Waals surface area contributed by atoms with E-state index in [2.05, 4.69) is 15.6 Å². The van der Waals surface area contributed by atoms with Crippen molar-refractivity contribution in [3.8, 4) is 11.5 Å². The molecule has 258 valence electrons. The average molecular weight is 700 g/mol. The molecule has 1 aliphatic rings. The molecule has 10 heteroatoms. The molecule has 5 aromatic rings. The SMILES string of the molecule is COc1ccc(C(NC2=NC(C)(c3cc(Nc4ccccc4Cl)ccc3F)C(F)(F)C(C)(C)O2)(c2ccccc2)c2ccc(OC)cc2)cc1. The third kappa shape index (κ3) is 6.00. The van der Waals surface area contributed by atoms with Gasteiger partial charge in [0.25, 0.3) is 6.02 Å². The van der Waals surface area contributed by atoms with Gasteiger partial charge in [0.15, 0.2) is 11.1 Å². The number of halogens is 4. The Balaban J connectivity index is 1.56. The molecular formula is C40H37ClF3N3O3. The van der Waals surface area contributed by atoms with Crippen LogP contribution in [0.3, 0.4) is 0 Å². The Morgan fingerprint density at radius 3 is 1.82 bits per heavy atom. The Labute approximate surface area is 294 Å². The second-order valence-corrected chi connectivity index (χ2v) is 13.1. The Bertz CT molecular complexity index is 1960. The number of para-hydroxylation sites is 1. The maximum Gasteiger partial charge on any atom is 0.315 e. The first kappa shape index (κ1) is 34.7. The smallest absolute Gasteiger partial charge is 0.315 e. The van der Waals surface area contributed by atoms with Gasteiger partial charge in [0, 0.05) is 11.3 Å². The lowest BCUT2D eigenvalue weighted by Gasteiger charge is -2.49. The molecule has 50 heavy (non-hydrogen) atoms. The van der Waals surface area contributed by atoms with E-state index in [1.807, 2.05) is 78.9 Å². The number of nitrogens with one attached hydrogen (secondary N) is 2. The number of nitrogens with zero attached hydrogens (tertiary/aromatic N) is 1. The first-order valence-electron chi connectivity index (χ1n) is 16.0. The minimum absolute atomic E-state index is 0.206. The molecule has 1 aliphatic heterocycles. The number of amidine groups is 1. The lowest BCUT2D eigenvalue weighted by atomic mass is 9.76. The van der Waals surface area contributed by atoms with Crippen LogP contribution in [-0.2, 0) is 15.8 Å². The number of rotatable bonds is 9. The van der Waals surface area contributed by atoms with Crippen LogP contribution in [0.2, 0.25) is 5.02 Å². The highest BCUT2D eigenvalue weighted by atomic mass is 35.5. The third-order valence-corrected chi connectivity index (χ3v) is 9.57. The van der Waals surface area contributed by atoms with E-state index in [4.69, 9.17) is 25.8 Å². The second kappa shape index (κ2) is 13.3. The summed E-state index contributed by atoms with van der Waals surface area (Å²) in [4.78, 5) is 4.58. The fourth-order valence-corrected chi connectivity index (χ4v) is 6.60. The van der Waals surface area contributed by atoms with E-state index in [9.17, 15) is 0 Å². The van der Waals surface area contributed by atoms with Crippen molar-refractivity contribution in [3.63, 3.8) is 0 Å². The van der Waals surface area contributed by atoms with Gasteiger partial charge in [0.05, 0.1) is 24.9 Å². The number of ether oxygens (including phenoxy) is 3. The van der Waals surface area contributed by atoms with Crippen LogP contribution in [-0.4, -0.2) is 31.8 Å². The second-order valence-electron chi connectivity index (χ2n) is 12.7. The van der Waals surface area contributed by atoms with Crippen molar-refractivity contribution in [2.75, 3.05) is 19.5 Å². The van der Waals surface area contributed by atoms with Crippen LogP contribution >= 0.6 is 11.6 Å². The van der Waals surface area contributed by atoms with Gasteiger partial charge in [-0.1, -0.05) is 78.3 Å². The molecule has 0 radical (unpaired) electrons. The monoisotopic (exact) mass is 699 g/mol. The number of alkyl halides is 2. The Morgan fingerprint density at radius 1 is 0.720 bits per heavy atom. The average Bonchev–Trinajstić information content (AvgIpc) is 3.12. The first-order chi connectivity index (χ1) is 23.8. The van der Waals surface area contributed by atoms with Crippen molar-refractivity contribution >= 4 is 29.0 Å². The van der Waals surface area contributed by atoms with Gasteiger partial charge in [-0.2, -0.15) is 8.78 Å². The summed E-state index contributed by atoms with van der Waals surface area (Å²) in [6, 6.07) is 35.0. The van der Waals surface area contributed by atoms with Gasteiger partial charge in [-0.25, -0.2) is 9.38 Å². The Morgan fingerprint density at radius 2 is 1.26 bits per heavy atom. The summed E-state index contributed by atoms with van der Waals surface area (Å²) < 4.78 is 66.4. The number of anilines is 2. The van der Waals surface area contributed by atoms with Crippen LogP contribution in [0.5, 0.6) is 11.5 Å². The van der Waals surface area contributed by atoms with Crippen LogP contribution < -0.4 is 20.1 Å². The third-order valence-electron chi connectivity index (χ3n) is 9.24. The Kier molecular flexibility index (Phi) is 9.22. The molecule has 0 saturated carbocycles. The van der Waals surface area contributed by atoms with E-state index >= 15 is 13.2 Å². The highest BCUT2D eigenvalue weighted by Crippen LogP contribution is 2.53. The van der Waals surface area contributed by atoms with Crippen molar-refractivity contribution in [2.45, 2.75) is 43.4 Å². The summed E-state index contributed by atoms with van der Waals surface area (Å²) >= 11 is 6.35. The highest BCUT2D eigenvalue weighted by molar-refractivity contribution is 6.33. The first-order valence-corrected chi connectivity index (χ1v) is 16.3. The lowest BCUT2D eigenvalue weighted by molar-refractivity contribution is -0.209. The zero-order valence-electron chi connectivity index (χ0n) is 28.2. The number of hydrogen-bond donors (Lipinski definition) is 2. The van der Waals surface area contributed by atoms with Gasteiger partial charge < -0.3 is 24.8 Å². The molecule has 0 amide bonds. The summed E-state index contributed by atoms with van der Waals surface area (Å²) in [6.45, 7) is 3.77. The minimum atomic E-state index is -3.69. The number of hydrogen-bond acceptors (Lipinski definition) is 6. The maximum absolute atomic E-state index is 16.8. The Hall–Kier alpha value is -5.15. The predicted molar refractivity (Wildman–Crippen MR) is 191 cm³/mol. The normalized spacial score (nSPS) is 18.0. The van der Waals surface area contributed by atoms with Gasteiger partial charge in [0.2, 0.25) is 0 Å². The van der Waals surface area contributed by atoms with Crippen molar-refractivity contribution in [1.82, 2.24) is 5.32 Å². The largest absolute Gasteiger partial charge is 0.497 e. The number of methoxy groups -OCH3 is 2. The molecule has 0 aliphatic carbocycles. The van der Waals surface area contributed by atoms with E-state index in [0.29, 0.717) is 27.9 Å².